The summed E-state index contributed by atoms with van der Waals surface area (Å²) in [7, 11) is -3.62. The summed E-state index contributed by atoms with van der Waals surface area (Å²) < 4.78 is 39.1. The van der Waals surface area contributed by atoms with Gasteiger partial charge in [-0.3, -0.25) is 4.72 Å². The summed E-state index contributed by atoms with van der Waals surface area (Å²) in [5.41, 5.74) is 2.86. The summed E-state index contributed by atoms with van der Waals surface area (Å²) in [6.07, 6.45) is 3.88. The zero-order chi connectivity index (χ0) is 16.6. The molecule has 2 aromatic carbocycles. The predicted octanol–water partition coefficient (Wildman–Crippen LogP) is 3.14. The van der Waals surface area contributed by atoms with E-state index in [2.05, 4.69) is 4.72 Å². The maximum atomic E-state index is 12.7. The molecule has 0 spiro atoms. The monoisotopic (exact) mass is 345 g/mol. The molecule has 2 aromatic rings. The first-order valence-corrected chi connectivity index (χ1v) is 9.64. The summed E-state index contributed by atoms with van der Waals surface area (Å²) in [4.78, 5) is 0.301. The molecule has 5 nitrogen and oxygen atoms in total. The molecule has 0 saturated heterocycles. The van der Waals surface area contributed by atoms with Crippen molar-refractivity contribution in [2.45, 2.75) is 30.6 Å². The summed E-state index contributed by atoms with van der Waals surface area (Å²) in [5, 5.41) is 0. The second-order valence-corrected chi connectivity index (χ2v) is 7.78. The molecule has 1 aliphatic heterocycles. The highest BCUT2D eigenvalue weighted by Gasteiger charge is 2.19. The zero-order valence-electron chi connectivity index (χ0n) is 13.2. The van der Waals surface area contributed by atoms with Gasteiger partial charge >= 0.3 is 0 Å². The summed E-state index contributed by atoms with van der Waals surface area (Å²) in [6.45, 7) is 1.17. The van der Waals surface area contributed by atoms with E-state index in [1.165, 1.54) is 5.56 Å². The van der Waals surface area contributed by atoms with Crippen LogP contribution in [0.25, 0.3) is 0 Å². The molecular weight excluding hydrogens is 326 g/mol. The van der Waals surface area contributed by atoms with E-state index in [1.807, 2.05) is 6.07 Å². The van der Waals surface area contributed by atoms with Crippen LogP contribution in [-0.4, -0.2) is 21.6 Å². The van der Waals surface area contributed by atoms with Crippen molar-refractivity contribution < 1.29 is 17.9 Å². The summed E-state index contributed by atoms with van der Waals surface area (Å²) in [5.74, 6) is 1.22. The first-order valence-electron chi connectivity index (χ1n) is 8.16. The van der Waals surface area contributed by atoms with Crippen molar-refractivity contribution in [1.82, 2.24) is 0 Å². The van der Waals surface area contributed by atoms with Crippen LogP contribution in [0.5, 0.6) is 11.5 Å². The van der Waals surface area contributed by atoms with Gasteiger partial charge in [-0.15, -0.1) is 0 Å². The largest absolute Gasteiger partial charge is 0.490 e. The number of hydrogen-bond donors (Lipinski definition) is 1. The van der Waals surface area contributed by atoms with Gasteiger partial charge in [0.05, 0.1) is 23.8 Å². The average Bonchev–Trinajstić information content (AvgIpc) is 2.91. The zero-order valence-corrected chi connectivity index (χ0v) is 14.1. The average molecular weight is 345 g/mol. The number of fused-ring (bicyclic) bond motifs is 2. The molecule has 1 heterocycles. The van der Waals surface area contributed by atoms with Crippen molar-refractivity contribution in [3.63, 3.8) is 0 Å². The second kappa shape index (κ2) is 6.02. The smallest absolute Gasteiger partial charge is 0.261 e. The highest BCUT2D eigenvalue weighted by Crippen LogP contribution is 2.33. The van der Waals surface area contributed by atoms with E-state index in [0.29, 0.717) is 35.3 Å². The molecular formula is C18H19NO4S. The van der Waals surface area contributed by atoms with Gasteiger partial charge in [-0.25, -0.2) is 8.42 Å². The molecule has 0 aromatic heterocycles. The molecule has 0 fully saturated rings. The van der Waals surface area contributed by atoms with Gasteiger partial charge < -0.3 is 9.47 Å². The Bertz CT molecular complexity index is 877. The first-order chi connectivity index (χ1) is 11.6. The highest BCUT2D eigenvalue weighted by atomic mass is 32.2. The maximum absolute atomic E-state index is 12.7. The normalized spacial score (nSPS) is 16.3. The van der Waals surface area contributed by atoms with Gasteiger partial charge in [-0.1, -0.05) is 6.07 Å². The van der Waals surface area contributed by atoms with E-state index in [9.17, 15) is 8.42 Å². The van der Waals surface area contributed by atoms with Crippen molar-refractivity contribution in [2.24, 2.45) is 0 Å². The molecule has 0 bridgehead atoms. The van der Waals surface area contributed by atoms with Crippen LogP contribution in [0, 0.1) is 0 Å². The van der Waals surface area contributed by atoms with E-state index in [1.54, 1.807) is 30.3 Å². The lowest BCUT2D eigenvalue weighted by molar-refractivity contribution is 0.297. The molecule has 0 atom stereocenters. The van der Waals surface area contributed by atoms with Crippen LogP contribution in [0.3, 0.4) is 0 Å². The fourth-order valence-electron chi connectivity index (χ4n) is 3.16. The Kier molecular flexibility index (Phi) is 3.84. The number of hydrogen-bond acceptors (Lipinski definition) is 4. The molecule has 2 aliphatic rings. The SMILES string of the molecule is O=S(=O)(Nc1ccc2c(c1)OCCCO2)c1ccc2c(c1)CCC2. The standard InChI is InChI=1S/C18H19NO4S/c20-24(21,16-7-5-13-3-1-4-14(13)11-16)19-15-6-8-17-18(12-15)23-10-2-9-22-17/h5-8,11-12,19H,1-4,9-10H2. The van der Waals surface area contributed by atoms with Crippen LogP contribution in [0.15, 0.2) is 41.3 Å². The Hall–Kier alpha value is -2.21. The second-order valence-electron chi connectivity index (χ2n) is 6.10. The number of rotatable bonds is 3. The quantitative estimate of drug-likeness (QED) is 0.928. The molecule has 0 radical (unpaired) electrons. The minimum absolute atomic E-state index is 0.301. The Morgan fingerprint density at radius 1 is 0.833 bits per heavy atom. The van der Waals surface area contributed by atoms with Crippen LogP contribution in [-0.2, 0) is 22.9 Å². The fraction of sp³-hybridized carbons (Fsp3) is 0.333. The first kappa shape index (κ1) is 15.3. The van der Waals surface area contributed by atoms with Crippen LogP contribution in [0.1, 0.15) is 24.0 Å². The molecule has 1 aliphatic carbocycles. The van der Waals surface area contributed by atoms with Gasteiger partial charge in [-0.2, -0.15) is 0 Å². The van der Waals surface area contributed by atoms with Gasteiger partial charge in [0.1, 0.15) is 0 Å². The third kappa shape index (κ3) is 2.94. The van der Waals surface area contributed by atoms with Crippen molar-refractivity contribution in [3.8, 4) is 11.5 Å². The third-order valence-corrected chi connectivity index (χ3v) is 5.76. The molecule has 24 heavy (non-hydrogen) atoms. The number of ether oxygens (including phenoxy) is 2. The van der Waals surface area contributed by atoms with E-state index in [4.69, 9.17) is 9.47 Å². The van der Waals surface area contributed by atoms with Gasteiger partial charge in [-0.05, 0) is 54.7 Å². The predicted molar refractivity (Wildman–Crippen MR) is 91.3 cm³/mol. The number of sulfonamides is 1. The summed E-state index contributed by atoms with van der Waals surface area (Å²) in [6, 6.07) is 10.5. The van der Waals surface area contributed by atoms with Crippen molar-refractivity contribution in [1.29, 1.82) is 0 Å². The number of nitrogens with one attached hydrogen (secondary N) is 1. The minimum Gasteiger partial charge on any atom is -0.490 e. The lowest BCUT2D eigenvalue weighted by Gasteiger charge is -2.12. The molecule has 126 valence electrons. The number of anilines is 1. The molecule has 6 heteroatoms. The lowest BCUT2D eigenvalue weighted by Crippen LogP contribution is -2.13. The molecule has 1 N–H and O–H groups in total. The van der Waals surface area contributed by atoms with Crippen LogP contribution >= 0.6 is 0 Å². The number of benzene rings is 2. The van der Waals surface area contributed by atoms with E-state index < -0.39 is 10.0 Å². The topological polar surface area (TPSA) is 64.6 Å². The lowest BCUT2D eigenvalue weighted by atomic mass is 10.1. The van der Waals surface area contributed by atoms with Gasteiger partial charge in [0, 0.05) is 12.5 Å². The van der Waals surface area contributed by atoms with E-state index in [-0.39, 0.29) is 0 Å². The Morgan fingerprint density at radius 3 is 2.50 bits per heavy atom. The molecule has 4 rings (SSSR count). The Morgan fingerprint density at radius 2 is 1.62 bits per heavy atom. The van der Waals surface area contributed by atoms with E-state index in [0.717, 1.165) is 31.2 Å². The fourth-order valence-corrected chi connectivity index (χ4v) is 4.26. The minimum atomic E-state index is -3.62. The van der Waals surface area contributed by atoms with Crippen LogP contribution in [0.2, 0.25) is 0 Å². The highest BCUT2D eigenvalue weighted by molar-refractivity contribution is 7.92. The maximum Gasteiger partial charge on any atom is 0.261 e. The molecule has 0 amide bonds. The van der Waals surface area contributed by atoms with Gasteiger partial charge in [0.25, 0.3) is 10.0 Å². The Balaban J connectivity index is 1.61. The van der Waals surface area contributed by atoms with Gasteiger partial charge in [0.2, 0.25) is 0 Å². The van der Waals surface area contributed by atoms with Crippen molar-refractivity contribution in [3.05, 3.63) is 47.5 Å². The number of aryl methyl sites for hydroxylation is 2. The van der Waals surface area contributed by atoms with Crippen LogP contribution < -0.4 is 14.2 Å². The van der Waals surface area contributed by atoms with Crippen LogP contribution in [0.4, 0.5) is 5.69 Å². The third-order valence-electron chi connectivity index (χ3n) is 4.38. The molecule has 0 unspecified atom stereocenters. The molecule has 0 saturated carbocycles. The van der Waals surface area contributed by atoms with E-state index >= 15 is 0 Å². The van der Waals surface area contributed by atoms with Crippen molar-refractivity contribution in [2.75, 3.05) is 17.9 Å². The Labute approximate surface area is 141 Å². The van der Waals surface area contributed by atoms with Gasteiger partial charge in [0.15, 0.2) is 11.5 Å². The summed E-state index contributed by atoms with van der Waals surface area (Å²) >= 11 is 0. The van der Waals surface area contributed by atoms with Crippen molar-refractivity contribution >= 4 is 15.7 Å².